The Balaban J connectivity index is 2.79. The molecule has 1 unspecified atom stereocenters. The second-order valence-corrected chi connectivity index (χ2v) is 5.53. The monoisotopic (exact) mass is 200 g/mol. The van der Waals surface area contributed by atoms with Crippen molar-refractivity contribution < 1.29 is 15.0 Å². The van der Waals surface area contributed by atoms with E-state index in [4.69, 9.17) is 0 Å². The van der Waals surface area contributed by atoms with Crippen LogP contribution in [0.3, 0.4) is 0 Å². The molecule has 2 N–H and O–H groups in total. The third-order valence-corrected chi connectivity index (χ3v) is 3.41. The smallest absolute Gasteiger partial charge is 0.133 e. The number of aliphatic hydroxyl groups is 2. The van der Waals surface area contributed by atoms with Gasteiger partial charge in [-0.1, -0.05) is 13.8 Å². The number of Topliss-reactive ketones (excluding diaryl/α,β-unsaturated/α-hetero) is 1. The van der Waals surface area contributed by atoms with Crippen molar-refractivity contribution in [3.63, 3.8) is 0 Å². The van der Waals surface area contributed by atoms with E-state index in [-0.39, 0.29) is 23.0 Å². The number of carbonyl (C=O) groups is 1. The van der Waals surface area contributed by atoms with Gasteiger partial charge >= 0.3 is 0 Å². The molecule has 0 saturated heterocycles. The Bertz CT molecular complexity index is 250. The molecule has 3 heteroatoms. The Hall–Kier alpha value is -0.410. The van der Waals surface area contributed by atoms with Gasteiger partial charge in [0, 0.05) is 11.8 Å². The van der Waals surface area contributed by atoms with Gasteiger partial charge in [0.1, 0.15) is 5.78 Å². The maximum Gasteiger partial charge on any atom is 0.133 e. The predicted octanol–water partition coefficient (Wildman–Crippen LogP) is 0.979. The zero-order valence-corrected chi connectivity index (χ0v) is 9.53. The van der Waals surface area contributed by atoms with Crippen LogP contribution >= 0.6 is 0 Å². The molecule has 3 atom stereocenters. The SMILES string of the molecule is CC(=O)[C@H]1[C@H](C(O)C(C)(C)O)C1(C)C. The van der Waals surface area contributed by atoms with Gasteiger partial charge in [-0.25, -0.2) is 0 Å². The summed E-state index contributed by atoms with van der Waals surface area (Å²) >= 11 is 0. The highest BCUT2D eigenvalue weighted by atomic mass is 16.3. The van der Waals surface area contributed by atoms with Crippen molar-refractivity contribution in [3.05, 3.63) is 0 Å². The summed E-state index contributed by atoms with van der Waals surface area (Å²) in [6, 6.07) is 0. The molecule has 1 saturated carbocycles. The van der Waals surface area contributed by atoms with Crippen molar-refractivity contribution in [1.29, 1.82) is 0 Å². The summed E-state index contributed by atoms with van der Waals surface area (Å²) in [5.74, 6) is -0.118. The summed E-state index contributed by atoms with van der Waals surface area (Å²) in [6.07, 6.45) is -0.827. The van der Waals surface area contributed by atoms with Gasteiger partial charge in [0.25, 0.3) is 0 Å². The standard InChI is InChI=1S/C11H20O3/c1-6(12)7-8(10(7,2)3)9(13)11(4,5)14/h7-9,13-14H,1-5H3/t7-,8+,9?/m0/s1. The molecule has 82 valence electrons. The maximum atomic E-state index is 11.3. The summed E-state index contributed by atoms with van der Waals surface area (Å²) < 4.78 is 0. The first-order valence-electron chi connectivity index (χ1n) is 5.01. The average molecular weight is 200 g/mol. The molecular formula is C11H20O3. The number of carbonyl (C=O) groups excluding carboxylic acids is 1. The highest BCUT2D eigenvalue weighted by molar-refractivity contribution is 5.83. The van der Waals surface area contributed by atoms with Crippen LogP contribution in [0.4, 0.5) is 0 Å². The van der Waals surface area contributed by atoms with Crippen LogP contribution in [0.2, 0.25) is 0 Å². The average Bonchev–Trinajstić information content (AvgIpc) is 2.49. The van der Waals surface area contributed by atoms with E-state index in [1.807, 2.05) is 13.8 Å². The van der Waals surface area contributed by atoms with Gasteiger partial charge in [-0.3, -0.25) is 4.79 Å². The van der Waals surface area contributed by atoms with Crippen LogP contribution in [0.1, 0.15) is 34.6 Å². The Morgan fingerprint density at radius 2 is 1.86 bits per heavy atom. The minimum atomic E-state index is -1.13. The normalized spacial score (nSPS) is 32.5. The minimum absolute atomic E-state index is 0.100. The molecule has 0 aromatic rings. The second-order valence-electron chi connectivity index (χ2n) is 5.53. The fourth-order valence-electron chi connectivity index (χ4n) is 2.48. The molecule has 1 aliphatic carbocycles. The first-order valence-corrected chi connectivity index (χ1v) is 5.01. The van der Waals surface area contributed by atoms with Crippen LogP contribution in [0, 0.1) is 17.3 Å². The highest BCUT2D eigenvalue weighted by Gasteiger charge is 2.65. The zero-order chi connectivity index (χ0) is 11.3. The van der Waals surface area contributed by atoms with Crippen LogP contribution in [0.15, 0.2) is 0 Å². The number of hydrogen-bond donors (Lipinski definition) is 2. The molecule has 0 aliphatic heterocycles. The van der Waals surface area contributed by atoms with Gasteiger partial charge < -0.3 is 10.2 Å². The van der Waals surface area contributed by atoms with Crippen LogP contribution in [-0.4, -0.2) is 27.7 Å². The van der Waals surface area contributed by atoms with Crippen molar-refractivity contribution in [2.45, 2.75) is 46.3 Å². The highest BCUT2D eigenvalue weighted by Crippen LogP contribution is 2.61. The molecule has 1 fully saturated rings. The molecule has 3 nitrogen and oxygen atoms in total. The second kappa shape index (κ2) is 3.04. The van der Waals surface area contributed by atoms with E-state index in [1.54, 1.807) is 20.8 Å². The number of hydrogen-bond acceptors (Lipinski definition) is 3. The lowest BCUT2D eigenvalue weighted by atomic mass is 9.93. The molecule has 14 heavy (non-hydrogen) atoms. The quantitative estimate of drug-likeness (QED) is 0.714. The van der Waals surface area contributed by atoms with Crippen molar-refractivity contribution in [2.75, 3.05) is 0 Å². The van der Waals surface area contributed by atoms with E-state index in [9.17, 15) is 15.0 Å². The van der Waals surface area contributed by atoms with E-state index in [0.29, 0.717) is 0 Å². The molecule has 0 bridgehead atoms. The van der Waals surface area contributed by atoms with Crippen LogP contribution in [-0.2, 0) is 4.79 Å². The van der Waals surface area contributed by atoms with Crippen molar-refractivity contribution in [2.24, 2.45) is 17.3 Å². The fourth-order valence-corrected chi connectivity index (χ4v) is 2.48. The first kappa shape index (κ1) is 11.7. The topological polar surface area (TPSA) is 57.5 Å². The Morgan fingerprint density at radius 1 is 1.43 bits per heavy atom. The van der Waals surface area contributed by atoms with Crippen molar-refractivity contribution >= 4 is 5.78 Å². The Morgan fingerprint density at radius 3 is 2.07 bits per heavy atom. The van der Waals surface area contributed by atoms with Gasteiger partial charge in [-0.15, -0.1) is 0 Å². The summed E-state index contributed by atoms with van der Waals surface area (Å²) in [5.41, 5.74) is -1.31. The van der Waals surface area contributed by atoms with E-state index >= 15 is 0 Å². The van der Waals surface area contributed by atoms with Gasteiger partial charge in [0.2, 0.25) is 0 Å². The minimum Gasteiger partial charge on any atom is -0.390 e. The molecule has 0 aromatic carbocycles. The molecule has 1 aliphatic rings. The van der Waals surface area contributed by atoms with Crippen molar-refractivity contribution in [3.8, 4) is 0 Å². The Labute approximate surface area is 85.1 Å². The largest absolute Gasteiger partial charge is 0.390 e. The molecule has 0 heterocycles. The van der Waals surface area contributed by atoms with Gasteiger partial charge in [-0.05, 0) is 26.2 Å². The lowest BCUT2D eigenvalue weighted by molar-refractivity contribution is -0.120. The molecule has 0 amide bonds. The number of aliphatic hydroxyl groups excluding tert-OH is 1. The third kappa shape index (κ3) is 1.71. The maximum absolute atomic E-state index is 11.3. The van der Waals surface area contributed by atoms with Gasteiger partial charge in [0.15, 0.2) is 0 Å². The molecular weight excluding hydrogens is 180 g/mol. The summed E-state index contributed by atoms with van der Waals surface area (Å²) in [4.78, 5) is 11.3. The summed E-state index contributed by atoms with van der Waals surface area (Å²) in [6.45, 7) is 8.60. The van der Waals surface area contributed by atoms with Crippen LogP contribution < -0.4 is 0 Å². The molecule has 1 rings (SSSR count). The van der Waals surface area contributed by atoms with Crippen LogP contribution in [0.5, 0.6) is 0 Å². The lowest BCUT2D eigenvalue weighted by Gasteiger charge is -2.25. The molecule has 0 spiro atoms. The van der Waals surface area contributed by atoms with E-state index in [1.165, 1.54) is 0 Å². The number of rotatable bonds is 3. The zero-order valence-electron chi connectivity index (χ0n) is 9.53. The third-order valence-electron chi connectivity index (χ3n) is 3.41. The molecule has 0 aromatic heterocycles. The Kier molecular flexibility index (Phi) is 2.53. The lowest BCUT2D eigenvalue weighted by Crippen LogP contribution is -2.39. The summed E-state index contributed by atoms with van der Waals surface area (Å²) in [7, 11) is 0. The first-order chi connectivity index (χ1) is 6.10. The van der Waals surface area contributed by atoms with Gasteiger partial charge in [-0.2, -0.15) is 0 Å². The molecule has 0 radical (unpaired) electrons. The van der Waals surface area contributed by atoms with Crippen molar-refractivity contribution in [1.82, 2.24) is 0 Å². The van der Waals surface area contributed by atoms with E-state index < -0.39 is 11.7 Å². The fraction of sp³-hybridized carbons (Fsp3) is 0.909. The summed E-state index contributed by atoms with van der Waals surface area (Å²) in [5, 5.41) is 19.5. The van der Waals surface area contributed by atoms with E-state index in [2.05, 4.69) is 0 Å². The van der Waals surface area contributed by atoms with E-state index in [0.717, 1.165) is 0 Å². The van der Waals surface area contributed by atoms with Gasteiger partial charge in [0.05, 0.1) is 11.7 Å². The number of ketones is 1. The van der Waals surface area contributed by atoms with Crippen LogP contribution in [0.25, 0.3) is 0 Å². The predicted molar refractivity (Wildman–Crippen MR) is 53.7 cm³/mol.